The fraction of sp³-hybridized carbons (Fsp3) is 0.150. The molecule has 3 aromatic carbocycles. The van der Waals surface area contributed by atoms with Gasteiger partial charge in [-0.15, -0.1) is 11.8 Å². The van der Waals surface area contributed by atoms with Crippen molar-refractivity contribution in [3.8, 4) is 0 Å². The zero-order chi connectivity index (χ0) is 16.7. The number of amides is 1. The van der Waals surface area contributed by atoms with Crippen LogP contribution in [-0.2, 0) is 12.8 Å². The fourth-order valence-corrected chi connectivity index (χ4v) is 3.99. The van der Waals surface area contributed by atoms with Crippen molar-refractivity contribution in [3.63, 3.8) is 0 Å². The minimum absolute atomic E-state index is 0.172. The van der Waals surface area contributed by atoms with Gasteiger partial charge in [0.1, 0.15) is 0 Å². The van der Waals surface area contributed by atoms with E-state index < -0.39 is 0 Å². The molecule has 1 amide bonds. The topological polar surface area (TPSA) is 29.1 Å². The lowest BCUT2D eigenvalue weighted by atomic mass is 10.0. The van der Waals surface area contributed by atoms with Crippen molar-refractivity contribution in [3.05, 3.63) is 70.2 Å². The number of aryl methyl sites for hydroxylation is 2. The summed E-state index contributed by atoms with van der Waals surface area (Å²) in [5.41, 5.74) is 4.07. The first kappa shape index (κ1) is 15.6. The summed E-state index contributed by atoms with van der Waals surface area (Å²) in [5.74, 6) is -0.172. The number of carbonyl (C=O) groups is 1. The average molecular weight is 354 g/mol. The molecule has 0 bridgehead atoms. The monoisotopic (exact) mass is 353 g/mol. The van der Waals surface area contributed by atoms with Crippen LogP contribution in [0.2, 0.25) is 5.02 Å². The van der Waals surface area contributed by atoms with Crippen LogP contribution in [0, 0.1) is 0 Å². The average Bonchev–Trinajstić information content (AvgIpc) is 3.02. The molecule has 0 spiro atoms. The number of thioether (sulfide) groups is 1. The van der Waals surface area contributed by atoms with E-state index >= 15 is 0 Å². The number of benzene rings is 3. The van der Waals surface area contributed by atoms with Gasteiger partial charge in [-0.1, -0.05) is 35.9 Å². The molecule has 4 rings (SSSR count). The SMILES string of the molecule is CSc1ccc(Cl)c(C(=O)Nc2ccc3c4c(cccc24)CC3)c1. The highest BCUT2D eigenvalue weighted by molar-refractivity contribution is 7.98. The summed E-state index contributed by atoms with van der Waals surface area (Å²) in [6, 6.07) is 15.9. The summed E-state index contributed by atoms with van der Waals surface area (Å²) < 4.78 is 0. The smallest absolute Gasteiger partial charge is 0.257 e. The van der Waals surface area contributed by atoms with Gasteiger partial charge < -0.3 is 5.32 Å². The summed E-state index contributed by atoms with van der Waals surface area (Å²) in [6.07, 6.45) is 4.13. The van der Waals surface area contributed by atoms with E-state index in [-0.39, 0.29) is 5.91 Å². The van der Waals surface area contributed by atoms with E-state index in [0.29, 0.717) is 10.6 Å². The van der Waals surface area contributed by atoms with Crippen LogP contribution < -0.4 is 5.32 Å². The molecule has 0 aromatic heterocycles. The van der Waals surface area contributed by atoms with E-state index in [1.807, 2.05) is 24.5 Å². The van der Waals surface area contributed by atoms with Crippen molar-refractivity contribution in [2.45, 2.75) is 17.7 Å². The van der Waals surface area contributed by atoms with E-state index in [0.717, 1.165) is 28.8 Å². The molecule has 120 valence electrons. The Morgan fingerprint density at radius 1 is 1.08 bits per heavy atom. The maximum atomic E-state index is 12.7. The van der Waals surface area contributed by atoms with Crippen molar-refractivity contribution in [1.82, 2.24) is 0 Å². The maximum Gasteiger partial charge on any atom is 0.257 e. The van der Waals surface area contributed by atoms with Gasteiger partial charge in [0.15, 0.2) is 0 Å². The van der Waals surface area contributed by atoms with Gasteiger partial charge in [-0.05, 0) is 59.9 Å². The quantitative estimate of drug-likeness (QED) is 0.624. The van der Waals surface area contributed by atoms with Gasteiger partial charge in [0.25, 0.3) is 5.91 Å². The van der Waals surface area contributed by atoms with Gasteiger partial charge in [0.2, 0.25) is 0 Å². The van der Waals surface area contributed by atoms with Crippen LogP contribution in [0.25, 0.3) is 10.8 Å². The molecule has 0 unspecified atom stereocenters. The van der Waals surface area contributed by atoms with Crippen LogP contribution in [0.1, 0.15) is 21.5 Å². The van der Waals surface area contributed by atoms with Crippen molar-refractivity contribution in [2.24, 2.45) is 0 Å². The highest BCUT2D eigenvalue weighted by atomic mass is 35.5. The summed E-state index contributed by atoms with van der Waals surface area (Å²) >= 11 is 7.81. The third-order valence-corrected chi connectivity index (χ3v) is 5.60. The molecule has 4 heteroatoms. The van der Waals surface area contributed by atoms with E-state index in [9.17, 15) is 4.79 Å². The first-order valence-corrected chi connectivity index (χ1v) is 9.46. The number of nitrogens with one attached hydrogen (secondary N) is 1. The molecular weight excluding hydrogens is 338 g/mol. The first-order chi connectivity index (χ1) is 11.7. The standard InChI is InChI=1S/C20H16ClNOS/c1-24-14-8-9-17(21)16(11-14)20(23)22-18-10-7-13-6-5-12-3-2-4-15(18)19(12)13/h2-4,7-11H,5-6H2,1H3,(H,22,23). The molecule has 0 heterocycles. The predicted octanol–water partition coefficient (Wildman–Crippen LogP) is 5.57. The zero-order valence-electron chi connectivity index (χ0n) is 13.2. The lowest BCUT2D eigenvalue weighted by molar-refractivity contribution is 0.102. The van der Waals surface area contributed by atoms with Gasteiger partial charge in [0, 0.05) is 16.0 Å². The van der Waals surface area contributed by atoms with Crippen LogP contribution >= 0.6 is 23.4 Å². The second-order valence-electron chi connectivity index (χ2n) is 5.91. The molecule has 0 saturated heterocycles. The van der Waals surface area contributed by atoms with Crippen molar-refractivity contribution < 1.29 is 4.79 Å². The number of anilines is 1. The minimum atomic E-state index is -0.172. The number of rotatable bonds is 3. The molecule has 1 N–H and O–H groups in total. The van der Waals surface area contributed by atoms with Gasteiger partial charge in [-0.3, -0.25) is 4.79 Å². The molecular formula is C20H16ClNOS. The summed E-state index contributed by atoms with van der Waals surface area (Å²) in [7, 11) is 0. The number of carbonyl (C=O) groups excluding carboxylic acids is 1. The van der Waals surface area contributed by atoms with Gasteiger partial charge >= 0.3 is 0 Å². The summed E-state index contributed by atoms with van der Waals surface area (Å²) in [4.78, 5) is 13.7. The van der Waals surface area contributed by atoms with E-state index in [1.54, 1.807) is 17.8 Å². The Hall–Kier alpha value is -1.97. The Morgan fingerprint density at radius 3 is 2.67 bits per heavy atom. The molecule has 0 atom stereocenters. The van der Waals surface area contributed by atoms with Crippen molar-refractivity contribution in [1.29, 1.82) is 0 Å². The second kappa shape index (κ2) is 6.15. The van der Waals surface area contributed by atoms with Gasteiger partial charge in [-0.2, -0.15) is 0 Å². The summed E-state index contributed by atoms with van der Waals surface area (Å²) in [5, 5.41) is 5.91. The Balaban J connectivity index is 1.74. The second-order valence-corrected chi connectivity index (χ2v) is 7.20. The molecule has 0 radical (unpaired) electrons. The third-order valence-electron chi connectivity index (χ3n) is 4.54. The molecule has 1 aliphatic carbocycles. The molecule has 2 nitrogen and oxygen atoms in total. The Morgan fingerprint density at radius 2 is 1.88 bits per heavy atom. The van der Waals surface area contributed by atoms with Crippen LogP contribution in [0.5, 0.6) is 0 Å². The molecule has 1 aliphatic rings. The normalized spacial score (nSPS) is 12.6. The van der Waals surface area contributed by atoms with Crippen LogP contribution in [-0.4, -0.2) is 12.2 Å². The first-order valence-electron chi connectivity index (χ1n) is 7.86. The van der Waals surface area contributed by atoms with E-state index in [1.165, 1.54) is 16.5 Å². The van der Waals surface area contributed by atoms with Crippen LogP contribution in [0.4, 0.5) is 5.69 Å². The Kier molecular flexibility index (Phi) is 3.99. The van der Waals surface area contributed by atoms with Crippen molar-refractivity contribution >= 4 is 45.7 Å². The highest BCUT2D eigenvalue weighted by Crippen LogP contribution is 2.35. The van der Waals surface area contributed by atoms with Crippen LogP contribution in [0.3, 0.4) is 0 Å². The zero-order valence-corrected chi connectivity index (χ0v) is 14.8. The molecule has 0 aliphatic heterocycles. The molecule has 0 saturated carbocycles. The molecule has 3 aromatic rings. The number of hydrogen-bond acceptors (Lipinski definition) is 2. The van der Waals surface area contributed by atoms with E-state index in [4.69, 9.17) is 11.6 Å². The minimum Gasteiger partial charge on any atom is -0.321 e. The lowest BCUT2D eigenvalue weighted by Gasteiger charge is -2.12. The molecule has 24 heavy (non-hydrogen) atoms. The lowest BCUT2D eigenvalue weighted by Crippen LogP contribution is -2.13. The number of halogens is 1. The van der Waals surface area contributed by atoms with Crippen LogP contribution in [0.15, 0.2) is 53.4 Å². The third kappa shape index (κ3) is 2.58. The van der Waals surface area contributed by atoms with Crippen molar-refractivity contribution in [2.75, 3.05) is 11.6 Å². The van der Waals surface area contributed by atoms with E-state index in [2.05, 4.69) is 29.6 Å². The van der Waals surface area contributed by atoms with Gasteiger partial charge in [0.05, 0.1) is 10.6 Å². The maximum absolute atomic E-state index is 12.7. The predicted molar refractivity (Wildman–Crippen MR) is 103 cm³/mol. The Labute approximate surface area is 150 Å². The highest BCUT2D eigenvalue weighted by Gasteiger charge is 2.18. The Bertz CT molecular complexity index is 957. The fourth-order valence-electron chi connectivity index (χ4n) is 3.35. The summed E-state index contributed by atoms with van der Waals surface area (Å²) in [6.45, 7) is 0. The molecule has 0 fully saturated rings. The van der Waals surface area contributed by atoms with Gasteiger partial charge in [-0.25, -0.2) is 0 Å². The largest absolute Gasteiger partial charge is 0.321 e. The number of hydrogen-bond donors (Lipinski definition) is 1.